The van der Waals surface area contributed by atoms with Gasteiger partial charge in [-0.25, -0.2) is 5.84 Å². The summed E-state index contributed by atoms with van der Waals surface area (Å²) in [6.07, 6.45) is 1.87. The smallest absolute Gasteiger partial charge is 0.274 e. The molecule has 4 N–H and O–H groups in total. The van der Waals surface area contributed by atoms with Crippen molar-refractivity contribution in [3.8, 4) is 0 Å². The third-order valence-electron chi connectivity index (χ3n) is 2.47. The summed E-state index contributed by atoms with van der Waals surface area (Å²) in [5.74, 6) is 5.34. The first kappa shape index (κ1) is 14.3. The maximum absolute atomic E-state index is 12.1. The van der Waals surface area contributed by atoms with Gasteiger partial charge >= 0.3 is 0 Å². The Hall–Kier alpha value is -1.73. The van der Waals surface area contributed by atoms with E-state index < -0.39 is 0 Å². The van der Waals surface area contributed by atoms with Gasteiger partial charge < -0.3 is 15.4 Å². The maximum atomic E-state index is 12.1. The summed E-state index contributed by atoms with van der Waals surface area (Å²) in [7, 11) is 0. The van der Waals surface area contributed by atoms with E-state index in [0.717, 1.165) is 12.8 Å². The van der Waals surface area contributed by atoms with E-state index in [1.807, 2.05) is 6.92 Å². The van der Waals surface area contributed by atoms with E-state index in [1.54, 1.807) is 17.0 Å². The molecule has 0 aromatic carbocycles. The Labute approximate surface area is 106 Å². The number of nitrogens with one attached hydrogen (secondary N) is 1. The topological polar surface area (TPSA) is 104 Å². The predicted octanol–water partition coefficient (Wildman–Crippen LogP) is -0.00320. The molecule has 7 nitrogen and oxygen atoms in total. The van der Waals surface area contributed by atoms with Gasteiger partial charge in [-0.2, -0.15) is 0 Å². The molecule has 0 fully saturated rings. The molecule has 0 bridgehead atoms. The fourth-order valence-electron chi connectivity index (χ4n) is 1.47. The largest absolute Gasteiger partial charge is 0.395 e. The molecule has 1 rings (SSSR count). The number of carbonyl (C=O) groups is 1. The summed E-state index contributed by atoms with van der Waals surface area (Å²) in [6, 6.07) is 3.14. The second-order valence-electron chi connectivity index (χ2n) is 3.82. The van der Waals surface area contributed by atoms with Gasteiger partial charge in [0.25, 0.3) is 5.91 Å². The minimum atomic E-state index is -0.228. The van der Waals surface area contributed by atoms with Crippen LogP contribution >= 0.6 is 0 Å². The van der Waals surface area contributed by atoms with E-state index >= 15 is 0 Å². The number of anilines is 1. The van der Waals surface area contributed by atoms with Crippen LogP contribution in [0.5, 0.6) is 0 Å². The minimum Gasteiger partial charge on any atom is -0.395 e. The first-order valence-electron chi connectivity index (χ1n) is 5.93. The van der Waals surface area contributed by atoms with Crippen molar-refractivity contribution < 1.29 is 9.90 Å². The number of hydrogen-bond acceptors (Lipinski definition) is 6. The van der Waals surface area contributed by atoms with E-state index in [9.17, 15) is 4.79 Å². The lowest BCUT2D eigenvalue weighted by Crippen LogP contribution is -2.35. The Bertz CT molecular complexity index is 368. The summed E-state index contributed by atoms with van der Waals surface area (Å²) in [6.45, 7) is 2.89. The van der Waals surface area contributed by atoms with E-state index in [4.69, 9.17) is 10.9 Å². The lowest BCUT2D eigenvalue weighted by atomic mass is 10.2. The fraction of sp³-hybridized carbons (Fsp3) is 0.545. The highest BCUT2D eigenvalue weighted by Gasteiger charge is 2.16. The zero-order valence-electron chi connectivity index (χ0n) is 10.5. The van der Waals surface area contributed by atoms with Crippen molar-refractivity contribution in [2.24, 2.45) is 5.84 Å². The van der Waals surface area contributed by atoms with Crippen molar-refractivity contribution in [1.29, 1.82) is 0 Å². The molecule has 0 unspecified atom stereocenters. The number of aliphatic hydroxyl groups excluding tert-OH is 1. The van der Waals surface area contributed by atoms with Crippen LogP contribution in [0.3, 0.4) is 0 Å². The number of hydrogen-bond donors (Lipinski definition) is 3. The molecule has 1 amide bonds. The molecular weight excluding hydrogens is 234 g/mol. The molecule has 0 saturated carbocycles. The van der Waals surface area contributed by atoms with E-state index in [0.29, 0.717) is 18.9 Å². The average Bonchev–Trinajstić information content (AvgIpc) is 2.43. The molecule has 0 aliphatic heterocycles. The third kappa shape index (κ3) is 3.94. The van der Waals surface area contributed by atoms with E-state index in [2.05, 4.69) is 15.6 Å². The SMILES string of the molecule is CCCCN(CCO)C(=O)c1ccc(NN)nn1. The number of amides is 1. The van der Waals surface area contributed by atoms with Crippen LogP contribution in [0.1, 0.15) is 30.3 Å². The molecule has 0 aliphatic rings. The van der Waals surface area contributed by atoms with Gasteiger partial charge in [0.05, 0.1) is 6.61 Å². The van der Waals surface area contributed by atoms with Crippen molar-refractivity contribution in [2.75, 3.05) is 25.1 Å². The summed E-state index contributed by atoms with van der Waals surface area (Å²) in [5, 5.41) is 16.5. The van der Waals surface area contributed by atoms with Gasteiger partial charge in [-0.05, 0) is 18.6 Å². The number of unbranched alkanes of at least 4 members (excludes halogenated alkanes) is 1. The molecule has 100 valence electrons. The summed E-state index contributed by atoms with van der Waals surface area (Å²) in [5.41, 5.74) is 2.59. The zero-order chi connectivity index (χ0) is 13.4. The number of nitrogen functional groups attached to an aromatic ring is 1. The van der Waals surface area contributed by atoms with Crippen LogP contribution in [-0.4, -0.2) is 45.8 Å². The molecule has 1 heterocycles. The summed E-state index contributed by atoms with van der Waals surface area (Å²) in [4.78, 5) is 13.7. The van der Waals surface area contributed by atoms with E-state index in [1.165, 1.54) is 0 Å². The number of aliphatic hydroxyl groups is 1. The fourth-order valence-corrected chi connectivity index (χ4v) is 1.47. The first-order valence-corrected chi connectivity index (χ1v) is 5.93. The monoisotopic (exact) mass is 253 g/mol. The van der Waals surface area contributed by atoms with Gasteiger partial charge in [-0.15, -0.1) is 10.2 Å². The molecule has 7 heteroatoms. The quantitative estimate of drug-likeness (QED) is 0.466. The van der Waals surface area contributed by atoms with Gasteiger partial charge in [0.2, 0.25) is 0 Å². The van der Waals surface area contributed by atoms with Crippen LogP contribution < -0.4 is 11.3 Å². The highest BCUT2D eigenvalue weighted by Crippen LogP contribution is 2.05. The van der Waals surface area contributed by atoms with Gasteiger partial charge in [0.15, 0.2) is 11.5 Å². The van der Waals surface area contributed by atoms with Crippen molar-refractivity contribution >= 4 is 11.7 Å². The minimum absolute atomic E-state index is 0.0642. The van der Waals surface area contributed by atoms with Crippen molar-refractivity contribution in [2.45, 2.75) is 19.8 Å². The Balaban J connectivity index is 2.73. The summed E-state index contributed by atoms with van der Waals surface area (Å²) >= 11 is 0. The lowest BCUT2D eigenvalue weighted by Gasteiger charge is -2.20. The van der Waals surface area contributed by atoms with Gasteiger partial charge in [-0.3, -0.25) is 4.79 Å². The van der Waals surface area contributed by atoms with Crippen LogP contribution in [0, 0.1) is 0 Å². The predicted molar refractivity (Wildman–Crippen MR) is 67.7 cm³/mol. The first-order chi connectivity index (χ1) is 8.72. The van der Waals surface area contributed by atoms with Gasteiger partial charge in [-0.1, -0.05) is 13.3 Å². The van der Waals surface area contributed by atoms with E-state index in [-0.39, 0.29) is 18.2 Å². The van der Waals surface area contributed by atoms with Crippen LogP contribution in [0.25, 0.3) is 0 Å². The Morgan fingerprint density at radius 1 is 1.44 bits per heavy atom. The molecule has 0 spiro atoms. The molecule has 0 aliphatic carbocycles. The average molecular weight is 253 g/mol. The normalized spacial score (nSPS) is 10.2. The summed E-state index contributed by atoms with van der Waals surface area (Å²) < 4.78 is 0. The number of hydrazine groups is 1. The molecule has 0 radical (unpaired) electrons. The van der Waals surface area contributed by atoms with Crippen molar-refractivity contribution in [3.05, 3.63) is 17.8 Å². The Morgan fingerprint density at radius 3 is 2.72 bits per heavy atom. The lowest BCUT2D eigenvalue weighted by molar-refractivity contribution is 0.0712. The molecule has 0 atom stereocenters. The maximum Gasteiger partial charge on any atom is 0.274 e. The zero-order valence-corrected chi connectivity index (χ0v) is 10.5. The number of nitrogens with two attached hydrogens (primary N) is 1. The Kier molecular flexibility index (Phi) is 6.03. The number of nitrogens with zero attached hydrogens (tertiary/aromatic N) is 3. The van der Waals surface area contributed by atoms with Crippen molar-refractivity contribution in [1.82, 2.24) is 15.1 Å². The highest BCUT2D eigenvalue weighted by atomic mass is 16.3. The van der Waals surface area contributed by atoms with Gasteiger partial charge in [0.1, 0.15) is 0 Å². The molecule has 1 aromatic rings. The van der Waals surface area contributed by atoms with Gasteiger partial charge in [0, 0.05) is 13.1 Å². The van der Waals surface area contributed by atoms with Crippen LogP contribution in [0.2, 0.25) is 0 Å². The molecular formula is C11H19N5O2. The number of carbonyl (C=O) groups excluding carboxylic acids is 1. The number of aromatic nitrogens is 2. The Morgan fingerprint density at radius 2 is 2.22 bits per heavy atom. The van der Waals surface area contributed by atoms with Crippen LogP contribution in [0.15, 0.2) is 12.1 Å². The molecule has 1 aromatic heterocycles. The van der Waals surface area contributed by atoms with Crippen LogP contribution in [-0.2, 0) is 0 Å². The van der Waals surface area contributed by atoms with Crippen LogP contribution in [0.4, 0.5) is 5.82 Å². The molecule has 0 saturated heterocycles. The second kappa shape index (κ2) is 7.57. The molecule has 18 heavy (non-hydrogen) atoms. The number of rotatable bonds is 7. The van der Waals surface area contributed by atoms with Crippen molar-refractivity contribution in [3.63, 3.8) is 0 Å². The standard InChI is InChI=1S/C11H19N5O2/c1-2-3-6-16(7-8-17)11(18)9-4-5-10(13-12)15-14-9/h4-5,17H,2-3,6-8,12H2,1H3,(H,13,15). The third-order valence-corrected chi connectivity index (χ3v) is 2.47. The highest BCUT2D eigenvalue weighted by molar-refractivity contribution is 5.92. The second-order valence-corrected chi connectivity index (χ2v) is 3.82.